The van der Waals surface area contributed by atoms with Crippen molar-refractivity contribution in [2.45, 2.75) is 49.8 Å². The molecule has 2 aromatic carbocycles. The number of carboxylic acid groups (broad SMARTS) is 1. The van der Waals surface area contributed by atoms with E-state index in [1.165, 1.54) is 4.90 Å². The van der Waals surface area contributed by atoms with Gasteiger partial charge in [-0.2, -0.15) is 0 Å². The molecule has 2 fully saturated rings. The van der Waals surface area contributed by atoms with Gasteiger partial charge in [0.15, 0.2) is 6.04 Å². The number of rotatable bonds is 3. The molecule has 6 heteroatoms. The Kier molecular flexibility index (Phi) is 4.74. The number of carbonyl (C=O) groups excluding carboxylic acids is 1. The Balaban J connectivity index is 1.39. The van der Waals surface area contributed by atoms with Gasteiger partial charge in [-0.15, -0.1) is 0 Å². The summed E-state index contributed by atoms with van der Waals surface area (Å²) in [5.74, 6) is -1.11. The molecule has 0 aromatic heterocycles. The zero-order chi connectivity index (χ0) is 20.7. The summed E-state index contributed by atoms with van der Waals surface area (Å²) in [6.07, 6.45) is 3.62. The summed E-state index contributed by atoms with van der Waals surface area (Å²) >= 11 is 0. The molecule has 1 atom stereocenters. The maximum Gasteiger partial charge on any atom is 0.412 e. The third kappa shape index (κ3) is 2.98. The van der Waals surface area contributed by atoms with Crippen LogP contribution in [-0.2, 0) is 14.3 Å². The highest BCUT2D eigenvalue weighted by Gasteiger charge is 2.54. The summed E-state index contributed by atoms with van der Waals surface area (Å²) in [4.78, 5) is 26.3. The van der Waals surface area contributed by atoms with Crippen molar-refractivity contribution >= 4 is 12.1 Å². The average Bonchev–Trinajstić information content (AvgIpc) is 3.29. The van der Waals surface area contributed by atoms with Gasteiger partial charge in [0.25, 0.3) is 0 Å². The van der Waals surface area contributed by atoms with Gasteiger partial charge in [0.2, 0.25) is 0 Å². The number of nitrogens with zero attached hydrogens (tertiary/aromatic N) is 1. The Hall–Kier alpha value is -2.86. The monoisotopic (exact) mass is 407 g/mol. The lowest BCUT2D eigenvalue weighted by Gasteiger charge is -2.40. The maximum atomic E-state index is 13.2. The predicted molar refractivity (Wildman–Crippen MR) is 110 cm³/mol. The highest BCUT2D eigenvalue weighted by molar-refractivity contribution is 5.82. The van der Waals surface area contributed by atoms with Crippen LogP contribution in [0.4, 0.5) is 4.79 Å². The number of hydrogen-bond donors (Lipinski definition) is 1. The zero-order valence-electron chi connectivity index (χ0n) is 16.8. The highest BCUT2D eigenvalue weighted by Crippen LogP contribution is 2.45. The van der Waals surface area contributed by atoms with Crippen molar-refractivity contribution in [2.24, 2.45) is 0 Å². The van der Waals surface area contributed by atoms with Crippen molar-refractivity contribution in [3.05, 3.63) is 59.7 Å². The number of carbonyl (C=O) groups is 2. The van der Waals surface area contributed by atoms with E-state index in [0.29, 0.717) is 12.8 Å². The van der Waals surface area contributed by atoms with Gasteiger partial charge in [-0.3, -0.25) is 4.90 Å². The largest absolute Gasteiger partial charge is 0.480 e. The van der Waals surface area contributed by atoms with E-state index in [1.54, 1.807) is 0 Å². The molecule has 0 radical (unpaired) electrons. The molecular formula is C24H25NO5. The van der Waals surface area contributed by atoms with Gasteiger partial charge in [-0.05, 0) is 47.9 Å². The lowest BCUT2D eigenvalue weighted by molar-refractivity contribution is -0.144. The van der Waals surface area contributed by atoms with Crippen LogP contribution in [-0.4, -0.2) is 47.0 Å². The number of hydrogen-bond acceptors (Lipinski definition) is 4. The van der Waals surface area contributed by atoms with Gasteiger partial charge >= 0.3 is 12.1 Å². The number of benzene rings is 2. The fraction of sp³-hybridized carbons (Fsp3) is 0.417. The van der Waals surface area contributed by atoms with Gasteiger partial charge in [0.1, 0.15) is 12.3 Å². The number of carboxylic acids is 1. The highest BCUT2D eigenvalue weighted by atomic mass is 16.6. The second-order valence-corrected chi connectivity index (χ2v) is 8.35. The molecule has 1 saturated heterocycles. The third-order valence-corrected chi connectivity index (χ3v) is 6.71. The van der Waals surface area contributed by atoms with Gasteiger partial charge in [-0.25, -0.2) is 9.59 Å². The second kappa shape index (κ2) is 7.43. The van der Waals surface area contributed by atoms with Gasteiger partial charge in [0, 0.05) is 5.92 Å². The van der Waals surface area contributed by atoms with Crippen LogP contribution in [0, 0.1) is 0 Å². The SMILES string of the molecule is O=C(O)C1COC2(CCCCC2)N1C(=O)OCC1c2ccccc2-c2ccccc21. The number of fused-ring (bicyclic) bond motifs is 3. The average molecular weight is 407 g/mol. The summed E-state index contributed by atoms with van der Waals surface area (Å²) in [5.41, 5.74) is 3.73. The standard InChI is InChI=1S/C24H25NO5/c26-22(27)21-15-30-24(12-6-1-7-13-24)25(21)23(28)29-14-20-18-10-4-2-8-16(18)17-9-3-5-11-19(17)20/h2-5,8-11,20-21H,1,6-7,12-15H2,(H,26,27). The molecule has 30 heavy (non-hydrogen) atoms. The minimum absolute atomic E-state index is 0.0134. The minimum Gasteiger partial charge on any atom is -0.480 e. The first-order valence-corrected chi connectivity index (χ1v) is 10.6. The number of ether oxygens (including phenoxy) is 2. The van der Waals surface area contributed by atoms with Crippen LogP contribution in [0.15, 0.2) is 48.5 Å². The summed E-state index contributed by atoms with van der Waals surface area (Å²) in [6, 6.07) is 15.3. The van der Waals surface area contributed by atoms with Gasteiger partial charge in [0.05, 0.1) is 6.61 Å². The molecule has 5 rings (SSSR count). The van der Waals surface area contributed by atoms with Crippen molar-refractivity contribution in [1.82, 2.24) is 4.90 Å². The van der Waals surface area contributed by atoms with E-state index in [1.807, 2.05) is 24.3 Å². The van der Waals surface area contributed by atoms with Crippen LogP contribution in [0.5, 0.6) is 0 Å². The molecule has 3 aliphatic rings. The van der Waals surface area contributed by atoms with Crippen LogP contribution in [0.25, 0.3) is 11.1 Å². The molecule has 156 valence electrons. The van der Waals surface area contributed by atoms with E-state index >= 15 is 0 Å². The summed E-state index contributed by atoms with van der Waals surface area (Å²) in [5, 5.41) is 9.66. The molecule has 1 unspecified atom stereocenters. The smallest absolute Gasteiger partial charge is 0.412 e. The fourth-order valence-corrected chi connectivity index (χ4v) is 5.29. The minimum atomic E-state index is -1.05. The van der Waals surface area contributed by atoms with E-state index in [-0.39, 0.29) is 19.1 Å². The predicted octanol–water partition coefficient (Wildman–Crippen LogP) is 4.38. The number of aliphatic carboxylic acids is 1. The molecule has 1 spiro atoms. The normalized spacial score (nSPS) is 22.0. The fourth-order valence-electron chi connectivity index (χ4n) is 5.29. The van der Waals surface area contributed by atoms with Crippen molar-refractivity contribution in [2.75, 3.05) is 13.2 Å². The Labute approximate surface area is 175 Å². The molecular weight excluding hydrogens is 382 g/mol. The van der Waals surface area contributed by atoms with E-state index < -0.39 is 23.8 Å². The Morgan fingerprint density at radius 3 is 2.20 bits per heavy atom. The van der Waals surface area contributed by atoms with Crippen LogP contribution >= 0.6 is 0 Å². The molecule has 0 bridgehead atoms. The molecule has 6 nitrogen and oxygen atoms in total. The Morgan fingerprint density at radius 2 is 1.60 bits per heavy atom. The van der Waals surface area contributed by atoms with Crippen LogP contribution < -0.4 is 0 Å². The topological polar surface area (TPSA) is 76.1 Å². The van der Waals surface area contributed by atoms with Crippen molar-refractivity contribution in [1.29, 1.82) is 0 Å². The van der Waals surface area contributed by atoms with E-state index in [9.17, 15) is 14.7 Å². The van der Waals surface area contributed by atoms with Crippen molar-refractivity contribution < 1.29 is 24.2 Å². The first kappa shape index (κ1) is 19.1. The molecule has 1 aliphatic heterocycles. The van der Waals surface area contributed by atoms with Crippen LogP contribution in [0.3, 0.4) is 0 Å². The van der Waals surface area contributed by atoms with Gasteiger partial charge in [-0.1, -0.05) is 55.0 Å². The van der Waals surface area contributed by atoms with Crippen LogP contribution in [0.1, 0.15) is 49.1 Å². The third-order valence-electron chi connectivity index (χ3n) is 6.71. The molecule has 1 heterocycles. The molecule has 1 N–H and O–H groups in total. The van der Waals surface area contributed by atoms with E-state index in [0.717, 1.165) is 41.5 Å². The molecule has 1 saturated carbocycles. The lowest BCUT2D eigenvalue weighted by atomic mass is 9.90. The van der Waals surface area contributed by atoms with E-state index in [2.05, 4.69) is 24.3 Å². The van der Waals surface area contributed by atoms with Gasteiger partial charge < -0.3 is 14.6 Å². The summed E-state index contributed by atoms with van der Waals surface area (Å²) in [7, 11) is 0. The van der Waals surface area contributed by atoms with Crippen molar-refractivity contribution in [3.63, 3.8) is 0 Å². The quantitative estimate of drug-likeness (QED) is 0.817. The summed E-state index contributed by atoms with van der Waals surface area (Å²) in [6.45, 7) is 0.186. The zero-order valence-corrected chi connectivity index (χ0v) is 16.8. The lowest BCUT2D eigenvalue weighted by Crippen LogP contribution is -2.54. The maximum absolute atomic E-state index is 13.2. The Bertz CT molecular complexity index is 936. The first-order chi connectivity index (χ1) is 14.6. The summed E-state index contributed by atoms with van der Waals surface area (Å²) < 4.78 is 11.7. The Morgan fingerprint density at radius 1 is 1.00 bits per heavy atom. The molecule has 2 aliphatic carbocycles. The molecule has 1 amide bonds. The second-order valence-electron chi connectivity index (χ2n) is 8.35. The van der Waals surface area contributed by atoms with E-state index in [4.69, 9.17) is 9.47 Å². The molecule has 2 aromatic rings. The van der Waals surface area contributed by atoms with Crippen LogP contribution in [0.2, 0.25) is 0 Å². The van der Waals surface area contributed by atoms with Crippen molar-refractivity contribution in [3.8, 4) is 11.1 Å². The number of amides is 1. The first-order valence-electron chi connectivity index (χ1n) is 10.6.